The van der Waals surface area contributed by atoms with E-state index < -0.39 is 0 Å². The molecule has 22 heavy (non-hydrogen) atoms. The number of hydrogen-bond donors (Lipinski definition) is 1. The Morgan fingerprint density at radius 1 is 1.41 bits per heavy atom. The molecular formula is C15H17N5OS. The molecule has 1 N–H and O–H groups in total. The van der Waals surface area contributed by atoms with E-state index in [0.717, 1.165) is 29.4 Å². The molecular weight excluding hydrogens is 298 g/mol. The highest BCUT2D eigenvalue weighted by molar-refractivity contribution is 7.99. The Hall–Kier alpha value is -2.15. The van der Waals surface area contributed by atoms with Gasteiger partial charge in [0.1, 0.15) is 0 Å². The van der Waals surface area contributed by atoms with E-state index in [1.165, 1.54) is 11.8 Å². The largest absolute Gasteiger partial charge is 0.353 e. The van der Waals surface area contributed by atoms with Crippen molar-refractivity contribution < 1.29 is 4.79 Å². The third-order valence-corrected chi connectivity index (χ3v) is 4.21. The number of nitrogens with zero attached hydrogens (tertiary/aromatic N) is 4. The number of carbonyl (C=O) groups is 1. The molecule has 0 saturated heterocycles. The first-order valence-electron chi connectivity index (χ1n) is 7.14. The SMILES string of the molecule is C=CCn1c(SCC(=O)NC2CC2)nnc1-c1ccncc1. The van der Waals surface area contributed by atoms with Gasteiger partial charge >= 0.3 is 0 Å². The summed E-state index contributed by atoms with van der Waals surface area (Å²) < 4.78 is 1.96. The zero-order valence-corrected chi connectivity index (χ0v) is 12.9. The molecule has 0 aromatic carbocycles. The molecule has 1 saturated carbocycles. The average molecular weight is 315 g/mol. The highest BCUT2D eigenvalue weighted by Crippen LogP contribution is 2.24. The quantitative estimate of drug-likeness (QED) is 0.624. The lowest BCUT2D eigenvalue weighted by Crippen LogP contribution is -2.27. The molecule has 1 fully saturated rings. The smallest absolute Gasteiger partial charge is 0.230 e. The minimum Gasteiger partial charge on any atom is -0.353 e. The van der Waals surface area contributed by atoms with Crippen LogP contribution in [0.3, 0.4) is 0 Å². The van der Waals surface area contributed by atoms with Gasteiger partial charge in [0.15, 0.2) is 11.0 Å². The topological polar surface area (TPSA) is 72.7 Å². The van der Waals surface area contributed by atoms with E-state index in [1.54, 1.807) is 18.5 Å². The Bertz CT molecular complexity index is 666. The van der Waals surface area contributed by atoms with Crippen LogP contribution in [0.4, 0.5) is 0 Å². The molecule has 2 heterocycles. The van der Waals surface area contributed by atoms with Crippen molar-refractivity contribution in [3.8, 4) is 11.4 Å². The molecule has 1 aliphatic rings. The van der Waals surface area contributed by atoms with Crippen molar-refractivity contribution in [3.05, 3.63) is 37.2 Å². The van der Waals surface area contributed by atoms with E-state index in [-0.39, 0.29) is 5.91 Å². The van der Waals surface area contributed by atoms with Crippen LogP contribution in [0.5, 0.6) is 0 Å². The highest BCUT2D eigenvalue weighted by Gasteiger charge is 2.23. The molecule has 0 aliphatic heterocycles. The van der Waals surface area contributed by atoms with Gasteiger partial charge in [-0.25, -0.2) is 0 Å². The van der Waals surface area contributed by atoms with E-state index in [9.17, 15) is 4.79 Å². The van der Waals surface area contributed by atoms with E-state index in [4.69, 9.17) is 0 Å². The van der Waals surface area contributed by atoms with Gasteiger partial charge in [0.05, 0.1) is 5.75 Å². The maximum atomic E-state index is 11.8. The number of amides is 1. The molecule has 0 spiro atoms. The molecule has 1 aliphatic carbocycles. The lowest BCUT2D eigenvalue weighted by Gasteiger charge is -2.07. The lowest BCUT2D eigenvalue weighted by molar-refractivity contribution is -0.118. The van der Waals surface area contributed by atoms with Crippen LogP contribution in [0.25, 0.3) is 11.4 Å². The van der Waals surface area contributed by atoms with Gasteiger partial charge in [-0.3, -0.25) is 14.3 Å². The van der Waals surface area contributed by atoms with Gasteiger partial charge in [-0.05, 0) is 25.0 Å². The van der Waals surface area contributed by atoms with Crippen LogP contribution in [0.15, 0.2) is 42.3 Å². The summed E-state index contributed by atoms with van der Waals surface area (Å²) >= 11 is 1.39. The monoisotopic (exact) mass is 315 g/mol. The van der Waals surface area contributed by atoms with E-state index in [0.29, 0.717) is 18.3 Å². The third-order valence-electron chi connectivity index (χ3n) is 3.24. The first-order chi connectivity index (χ1) is 10.8. The Morgan fingerprint density at radius 3 is 2.86 bits per heavy atom. The summed E-state index contributed by atoms with van der Waals surface area (Å²) in [6.45, 7) is 4.37. The minimum absolute atomic E-state index is 0.0473. The zero-order chi connectivity index (χ0) is 15.4. The van der Waals surface area contributed by atoms with Gasteiger partial charge in [-0.2, -0.15) is 0 Å². The number of aromatic nitrogens is 4. The first kappa shape index (κ1) is 14.8. The minimum atomic E-state index is 0.0473. The van der Waals surface area contributed by atoms with Crippen molar-refractivity contribution in [2.75, 3.05) is 5.75 Å². The molecule has 7 heteroatoms. The second-order valence-corrected chi connectivity index (χ2v) is 6.01. The molecule has 1 amide bonds. The summed E-state index contributed by atoms with van der Waals surface area (Å²) in [7, 11) is 0. The molecule has 0 atom stereocenters. The van der Waals surface area contributed by atoms with Crippen molar-refractivity contribution >= 4 is 17.7 Å². The summed E-state index contributed by atoms with van der Waals surface area (Å²) in [5, 5.41) is 12.1. The van der Waals surface area contributed by atoms with Crippen molar-refractivity contribution in [2.24, 2.45) is 0 Å². The van der Waals surface area contributed by atoms with Crippen LogP contribution in [0, 0.1) is 0 Å². The standard InChI is InChI=1S/C15H17N5OS/c1-2-9-20-14(11-5-7-16-8-6-11)18-19-15(20)22-10-13(21)17-12-3-4-12/h2,5-8,12H,1,3-4,9-10H2,(H,17,21). The van der Waals surface area contributed by atoms with Gasteiger partial charge in [0, 0.05) is 30.5 Å². The van der Waals surface area contributed by atoms with Gasteiger partial charge in [0.25, 0.3) is 0 Å². The normalized spacial score (nSPS) is 13.8. The fourth-order valence-electron chi connectivity index (χ4n) is 2.03. The molecule has 2 aromatic heterocycles. The second-order valence-electron chi connectivity index (χ2n) is 5.07. The van der Waals surface area contributed by atoms with Crippen LogP contribution >= 0.6 is 11.8 Å². The van der Waals surface area contributed by atoms with Crippen LogP contribution in [-0.2, 0) is 11.3 Å². The maximum absolute atomic E-state index is 11.8. The fraction of sp³-hybridized carbons (Fsp3) is 0.333. The van der Waals surface area contributed by atoms with Gasteiger partial charge in [0.2, 0.25) is 5.91 Å². The molecule has 0 unspecified atom stereocenters. The van der Waals surface area contributed by atoms with Crippen LogP contribution < -0.4 is 5.32 Å². The molecule has 2 aromatic rings. The Balaban J connectivity index is 1.74. The predicted octanol–water partition coefficient (Wildman–Crippen LogP) is 1.90. The molecule has 0 radical (unpaired) electrons. The second kappa shape index (κ2) is 6.74. The zero-order valence-electron chi connectivity index (χ0n) is 12.1. The summed E-state index contributed by atoms with van der Waals surface area (Å²) in [5.74, 6) is 1.15. The number of nitrogens with one attached hydrogen (secondary N) is 1. The number of pyridine rings is 1. The number of allylic oxidation sites excluding steroid dienone is 1. The van der Waals surface area contributed by atoms with Gasteiger partial charge < -0.3 is 5.32 Å². The van der Waals surface area contributed by atoms with Crippen LogP contribution in [-0.4, -0.2) is 37.5 Å². The Labute approximate surface area is 133 Å². The number of rotatable bonds is 7. The summed E-state index contributed by atoms with van der Waals surface area (Å²) in [6.07, 6.45) is 7.42. The van der Waals surface area contributed by atoms with Crippen molar-refractivity contribution in [1.82, 2.24) is 25.1 Å². The van der Waals surface area contributed by atoms with Gasteiger partial charge in [-0.1, -0.05) is 17.8 Å². The van der Waals surface area contributed by atoms with E-state index in [2.05, 4.69) is 27.1 Å². The maximum Gasteiger partial charge on any atom is 0.230 e. The van der Waals surface area contributed by atoms with Crippen LogP contribution in [0.1, 0.15) is 12.8 Å². The van der Waals surface area contributed by atoms with Crippen molar-refractivity contribution in [3.63, 3.8) is 0 Å². The van der Waals surface area contributed by atoms with Crippen LogP contribution in [0.2, 0.25) is 0 Å². The summed E-state index contributed by atoms with van der Waals surface area (Å²) in [4.78, 5) is 15.8. The number of hydrogen-bond acceptors (Lipinski definition) is 5. The summed E-state index contributed by atoms with van der Waals surface area (Å²) in [5.41, 5.74) is 0.943. The molecule has 114 valence electrons. The van der Waals surface area contributed by atoms with E-state index in [1.807, 2.05) is 16.7 Å². The molecule has 6 nitrogen and oxygen atoms in total. The molecule has 3 rings (SSSR count). The molecule has 0 bridgehead atoms. The fourth-order valence-corrected chi connectivity index (χ4v) is 2.79. The number of thioether (sulfide) groups is 1. The average Bonchev–Trinajstić information content (AvgIpc) is 3.26. The predicted molar refractivity (Wildman–Crippen MR) is 85.3 cm³/mol. The highest BCUT2D eigenvalue weighted by atomic mass is 32.2. The van der Waals surface area contributed by atoms with Crippen molar-refractivity contribution in [2.45, 2.75) is 30.6 Å². The lowest BCUT2D eigenvalue weighted by atomic mass is 10.2. The third kappa shape index (κ3) is 3.54. The Morgan fingerprint density at radius 2 is 2.18 bits per heavy atom. The Kier molecular flexibility index (Phi) is 4.53. The number of carbonyl (C=O) groups excluding carboxylic acids is 1. The van der Waals surface area contributed by atoms with Crippen molar-refractivity contribution in [1.29, 1.82) is 0 Å². The first-order valence-corrected chi connectivity index (χ1v) is 8.13. The van der Waals surface area contributed by atoms with Gasteiger partial charge in [-0.15, -0.1) is 16.8 Å². The summed E-state index contributed by atoms with van der Waals surface area (Å²) in [6, 6.07) is 4.15. The van der Waals surface area contributed by atoms with E-state index >= 15 is 0 Å².